The molecular formula is C26H36N4. The summed E-state index contributed by atoms with van der Waals surface area (Å²) in [6, 6.07) is 7.08. The molecule has 160 valence electrons. The monoisotopic (exact) mass is 404 g/mol. The van der Waals surface area contributed by atoms with Crippen molar-refractivity contribution < 1.29 is 0 Å². The number of fused-ring (bicyclic) bond motifs is 5. The van der Waals surface area contributed by atoms with E-state index in [9.17, 15) is 0 Å². The van der Waals surface area contributed by atoms with Crippen LogP contribution in [0.5, 0.6) is 0 Å². The average Bonchev–Trinajstić information content (AvgIpc) is 3.08. The van der Waals surface area contributed by atoms with Gasteiger partial charge in [-0.1, -0.05) is 45.9 Å². The van der Waals surface area contributed by atoms with Crippen molar-refractivity contribution in [2.45, 2.75) is 85.9 Å². The van der Waals surface area contributed by atoms with Crippen LogP contribution in [0.4, 0.5) is 17.3 Å². The molecule has 0 saturated heterocycles. The van der Waals surface area contributed by atoms with E-state index in [2.05, 4.69) is 76.1 Å². The van der Waals surface area contributed by atoms with Gasteiger partial charge in [-0.15, -0.1) is 0 Å². The molecule has 0 radical (unpaired) electrons. The standard InChI is InChI=1S/C26H36N4/c1-8-11-12-20-16-27-23-24(28-20)29(17(4)5)25-26(9-2,10-3)19(7)21-14-13-18(6)15-22(21)30(23)25/h13-17,25H,7-12H2,1-6H3. The van der Waals surface area contributed by atoms with E-state index in [0.29, 0.717) is 6.04 Å². The molecule has 1 aromatic carbocycles. The number of benzene rings is 1. The molecule has 2 aliphatic heterocycles. The molecule has 0 saturated carbocycles. The molecule has 2 aliphatic rings. The highest BCUT2D eigenvalue weighted by Crippen LogP contribution is 2.60. The fourth-order valence-electron chi connectivity index (χ4n) is 5.43. The second kappa shape index (κ2) is 7.72. The average molecular weight is 405 g/mol. The van der Waals surface area contributed by atoms with Crippen molar-refractivity contribution in [3.05, 3.63) is 47.8 Å². The van der Waals surface area contributed by atoms with Crippen LogP contribution in [-0.4, -0.2) is 22.2 Å². The first-order valence-corrected chi connectivity index (χ1v) is 11.6. The fraction of sp³-hybridized carbons (Fsp3) is 0.538. The Labute approximate surface area is 182 Å². The zero-order valence-corrected chi connectivity index (χ0v) is 19.5. The number of rotatable bonds is 6. The van der Waals surface area contributed by atoms with E-state index in [1.807, 2.05) is 6.20 Å². The third-order valence-corrected chi connectivity index (χ3v) is 7.20. The maximum absolute atomic E-state index is 5.16. The Morgan fingerprint density at radius 2 is 1.87 bits per heavy atom. The largest absolute Gasteiger partial charge is 0.329 e. The first-order chi connectivity index (χ1) is 14.4. The summed E-state index contributed by atoms with van der Waals surface area (Å²) in [7, 11) is 0. The molecule has 4 nitrogen and oxygen atoms in total. The predicted octanol–water partition coefficient (Wildman–Crippen LogP) is 6.65. The van der Waals surface area contributed by atoms with Gasteiger partial charge in [0, 0.05) is 17.0 Å². The van der Waals surface area contributed by atoms with Crippen molar-refractivity contribution >= 4 is 22.9 Å². The highest BCUT2D eigenvalue weighted by molar-refractivity contribution is 5.92. The van der Waals surface area contributed by atoms with Crippen LogP contribution >= 0.6 is 0 Å². The van der Waals surface area contributed by atoms with Gasteiger partial charge in [-0.05, 0) is 63.7 Å². The summed E-state index contributed by atoms with van der Waals surface area (Å²) >= 11 is 0. The molecule has 1 atom stereocenters. The molecule has 1 aromatic heterocycles. The van der Waals surface area contributed by atoms with Crippen LogP contribution in [-0.2, 0) is 6.42 Å². The van der Waals surface area contributed by atoms with Crippen LogP contribution in [0.1, 0.15) is 77.1 Å². The number of aromatic nitrogens is 2. The fourth-order valence-corrected chi connectivity index (χ4v) is 5.43. The lowest BCUT2D eigenvalue weighted by Crippen LogP contribution is -2.57. The molecule has 0 aliphatic carbocycles. The van der Waals surface area contributed by atoms with Gasteiger partial charge in [0.05, 0.1) is 17.6 Å². The van der Waals surface area contributed by atoms with E-state index in [1.54, 1.807) is 0 Å². The lowest BCUT2D eigenvalue weighted by Gasteiger charge is -2.52. The Hall–Kier alpha value is -2.36. The second-order valence-electron chi connectivity index (χ2n) is 9.22. The van der Waals surface area contributed by atoms with Gasteiger partial charge in [0.25, 0.3) is 0 Å². The van der Waals surface area contributed by atoms with Crippen molar-refractivity contribution in [1.82, 2.24) is 9.97 Å². The Balaban J connectivity index is 1.98. The van der Waals surface area contributed by atoms with Gasteiger partial charge in [-0.25, -0.2) is 9.97 Å². The molecule has 0 fully saturated rings. The molecule has 4 heteroatoms. The maximum atomic E-state index is 5.16. The highest BCUT2D eigenvalue weighted by Gasteiger charge is 2.55. The van der Waals surface area contributed by atoms with Crippen molar-refractivity contribution in [1.29, 1.82) is 0 Å². The summed E-state index contributed by atoms with van der Waals surface area (Å²) in [5.41, 5.74) is 6.06. The van der Waals surface area contributed by atoms with E-state index in [-0.39, 0.29) is 11.6 Å². The number of unbranched alkanes of at least 4 members (excludes halogenated alkanes) is 1. The third kappa shape index (κ3) is 2.87. The normalized spacial score (nSPS) is 19.2. The first-order valence-electron chi connectivity index (χ1n) is 11.6. The second-order valence-corrected chi connectivity index (χ2v) is 9.22. The molecule has 30 heavy (non-hydrogen) atoms. The van der Waals surface area contributed by atoms with Gasteiger partial charge in [0.15, 0.2) is 11.6 Å². The highest BCUT2D eigenvalue weighted by atomic mass is 15.5. The van der Waals surface area contributed by atoms with E-state index >= 15 is 0 Å². The molecule has 0 bridgehead atoms. The van der Waals surface area contributed by atoms with Crippen LogP contribution in [0.15, 0.2) is 31.0 Å². The molecule has 2 aromatic rings. The molecule has 0 spiro atoms. The molecule has 0 N–H and O–H groups in total. The minimum absolute atomic E-state index is 0.0432. The summed E-state index contributed by atoms with van der Waals surface area (Å²) in [6.07, 6.45) is 7.53. The summed E-state index contributed by atoms with van der Waals surface area (Å²) < 4.78 is 0. The third-order valence-electron chi connectivity index (χ3n) is 7.20. The SMILES string of the molecule is C=C1c2ccc(C)cc2N2c3ncc(CCCC)nc3N(C(C)C)C2C1(CC)CC. The first kappa shape index (κ1) is 20.9. The van der Waals surface area contributed by atoms with Crippen molar-refractivity contribution in [3.63, 3.8) is 0 Å². The molecule has 0 amide bonds. The van der Waals surface area contributed by atoms with Gasteiger partial charge in [0.1, 0.15) is 6.17 Å². The summed E-state index contributed by atoms with van der Waals surface area (Å²) in [6.45, 7) is 18.2. The molecular weight excluding hydrogens is 368 g/mol. The quantitative estimate of drug-likeness (QED) is 0.539. The number of hydrogen-bond donors (Lipinski definition) is 0. The molecule has 3 heterocycles. The van der Waals surface area contributed by atoms with Crippen molar-refractivity contribution in [2.75, 3.05) is 9.80 Å². The van der Waals surface area contributed by atoms with Gasteiger partial charge in [0.2, 0.25) is 0 Å². The Kier molecular flexibility index (Phi) is 5.37. The zero-order chi connectivity index (χ0) is 21.6. The summed E-state index contributed by atoms with van der Waals surface area (Å²) in [4.78, 5) is 15.2. The Bertz CT molecular complexity index is 958. The smallest absolute Gasteiger partial charge is 0.178 e. The van der Waals surface area contributed by atoms with Gasteiger partial charge >= 0.3 is 0 Å². The van der Waals surface area contributed by atoms with Crippen LogP contribution in [0.3, 0.4) is 0 Å². The number of hydrogen-bond acceptors (Lipinski definition) is 4. The molecule has 1 unspecified atom stereocenters. The van der Waals surface area contributed by atoms with Crippen molar-refractivity contribution in [3.8, 4) is 0 Å². The molecule has 4 rings (SSSR count). The van der Waals surface area contributed by atoms with Gasteiger partial charge in [-0.3, -0.25) is 0 Å². The van der Waals surface area contributed by atoms with Crippen molar-refractivity contribution in [2.24, 2.45) is 5.41 Å². The van der Waals surface area contributed by atoms with E-state index in [1.165, 1.54) is 28.8 Å². The predicted molar refractivity (Wildman–Crippen MR) is 127 cm³/mol. The topological polar surface area (TPSA) is 32.3 Å². The lowest BCUT2D eigenvalue weighted by atomic mass is 9.67. The van der Waals surface area contributed by atoms with Gasteiger partial charge in [-0.2, -0.15) is 0 Å². The van der Waals surface area contributed by atoms with E-state index in [0.717, 1.165) is 43.0 Å². The lowest BCUT2D eigenvalue weighted by molar-refractivity contribution is 0.275. The van der Waals surface area contributed by atoms with Crippen LogP contribution in [0.25, 0.3) is 5.57 Å². The number of aryl methyl sites for hydroxylation is 2. The minimum atomic E-state index is -0.0432. The van der Waals surface area contributed by atoms with Gasteiger partial charge < -0.3 is 9.80 Å². The Morgan fingerprint density at radius 3 is 2.50 bits per heavy atom. The maximum Gasteiger partial charge on any atom is 0.178 e. The van der Waals surface area contributed by atoms with Crippen LogP contribution < -0.4 is 9.80 Å². The van der Waals surface area contributed by atoms with E-state index < -0.39 is 0 Å². The summed E-state index contributed by atoms with van der Waals surface area (Å²) in [5.74, 6) is 2.04. The Morgan fingerprint density at radius 1 is 1.13 bits per heavy atom. The summed E-state index contributed by atoms with van der Waals surface area (Å²) in [5, 5.41) is 0. The van der Waals surface area contributed by atoms with Crippen LogP contribution in [0.2, 0.25) is 0 Å². The van der Waals surface area contributed by atoms with E-state index in [4.69, 9.17) is 9.97 Å². The zero-order valence-electron chi connectivity index (χ0n) is 19.5. The minimum Gasteiger partial charge on any atom is -0.329 e. The number of anilines is 3. The van der Waals surface area contributed by atoms with Crippen LogP contribution in [0, 0.1) is 12.3 Å². The number of nitrogens with zero attached hydrogens (tertiary/aromatic N) is 4.